The Hall–Kier alpha value is -3.55. The Balaban J connectivity index is 2.12. The molecule has 0 radical (unpaired) electrons. The van der Waals surface area contributed by atoms with Gasteiger partial charge in [-0.05, 0) is 37.6 Å². The first-order chi connectivity index (χ1) is 15.0. The molecular formula is C23H27NO7. The SMILES string of the molecule is CCOC(=O)CCCOc1cc(/C=C/C(=O)c2c(OC)cccc2OC)ncc1OC. The van der Waals surface area contributed by atoms with E-state index in [2.05, 4.69) is 4.98 Å². The van der Waals surface area contributed by atoms with E-state index >= 15 is 0 Å². The third-order valence-electron chi connectivity index (χ3n) is 4.24. The van der Waals surface area contributed by atoms with Gasteiger partial charge in [0.15, 0.2) is 17.3 Å². The summed E-state index contributed by atoms with van der Waals surface area (Å²) in [5, 5.41) is 0. The normalized spacial score (nSPS) is 10.6. The Morgan fingerprint density at radius 1 is 1.00 bits per heavy atom. The van der Waals surface area contributed by atoms with E-state index in [1.807, 2.05) is 0 Å². The van der Waals surface area contributed by atoms with Crippen LogP contribution in [0.1, 0.15) is 35.8 Å². The number of hydrogen-bond donors (Lipinski definition) is 0. The number of methoxy groups -OCH3 is 3. The largest absolute Gasteiger partial charge is 0.496 e. The van der Waals surface area contributed by atoms with Gasteiger partial charge in [-0.25, -0.2) is 0 Å². The zero-order chi connectivity index (χ0) is 22.6. The van der Waals surface area contributed by atoms with Crippen molar-refractivity contribution in [2.24, 2.45) is 0 Å². The second kappa shape index (κ2) is 12.2. The molecule has 0 atom stereocenters. The first-order valence-electron chi connectivity index (χ1n) is 9.79. The van der Waals surface area contributed by atoms with Gasteiger partial charge in [0.05, 0.1) is 46.4 Å². The van der Waals surface area contributed by atoms with Crippen LogP contribution in [-0.2, 0) is 9.53 Å². The third-order valence-corrected chi connectivity index (χ3v) is 4.24. The van der Waals surface area contributed by atoms with E-state index < -0.39 is 0 Å². The van der Waals surface area contributed by atoms with Crippen molar-refractivity contribution in [3.05, 3.63) is 47.8 Å². The van der Waals surface area contributed by atoms with Crippen molar-refractivity contribution in [3.8, 4) is 23.0 Å². The quantitative estimate of drug-likeness (QED) is 0.218. The minimum Gasteiger partial charge on any atom is -0.496 e. The van der Waals surface area contributed by atoms with Crippen LogP contribution in [0.5, 0.6) is 23.0 Å². The van der Waals surface area contributed by atoms with Crippen LogP contribution in [0, 0.1) is 0 Å². The molecule has 2 rings (SSSR count). The summed E-state index contributed by atoms with van der Waals surface area (Å²) in [5.74, 6) is 1.20. The molecule has 2 aromatic rings. The molecule has 1 aromatic heterocycles. The summed E-state index contributed by atoms with van der Waals surface area (Å²) in [7, 11) is 4.49. The summed E-state index contributed by atoms with van der Waals surface area (Å²) in [5.41, 5.74) is 0.830. The highest BCUT2D eigenvalue weighted by Crippen LogP contribution is 2.30. The number of carbonyl (C=O) groups excluding carboxylic acids is 2. The minimum absolute atomic E-state index is 0.262. The highest BCUT2D eigenvalue weighted by atomic mass is 16.5. The zero-order valence-electron chi connectivity index (χ0n) is 18.2. The molecule has 0 amide bonds. The van der Waals surface area contributed by atoms with Crippen LogP contribution in [0.3, 0.4) is 0 Å². The van der Waals surface area contributed by atoms with Crippen LogP contribution in [0.15, 0.2) is 36.5 Å². The minimum atomic E-state index is -0.288. The first-order valence-corrected chi connectivity index (χ1v) is 9.79. The number of esters is 1. The lowest BCUT2D eigenvalue weighted by molar-refractivity contribution is -0.143. The third kappa shape index (κ3) is 6.74. The Kier molecular flexibility index (Phi) is 9.35. The maximum Gasteiger partial charge on any atom is 0.305 e. The second-order valence-electron chi connectivity index (χ2n) is 6.25. The predicted molar refractivity (Wildman–Crippen MR) is 115 cm³/mol. The van der Waals surface area contributed by atoms with Crippen LogP contribution in [-0.4, -0.2) is 51.3 Å². The van der Waals surface area contributed by atoms with E-state index in [4.69, 9.17) is 23.7 Å². The van der Waals surface area contributed by atoms with E-state index in [0.717, 1.165) is 0 Å². The molecule has 8 heteroatoms. The number of aromatic nitrogens is 1. The monoisotopic (exact) mass is 429 g/mol. The van der Waals surface area contributed by atoms with Gasteiger partial charge >= 0.3 is 5.97 Å². The maximum absolute atomic E-state index is 12.7. The van der Waals surface area contributed by atoms with Crippen LogP contribution in [0.25, 0.3) is 6.08 Å². The first kappa shape index (κ1) is 23.7. The topological polar surface area (TPSA) is 93.2 Å². The summed E-state index contributed by atoms with van der Waals surface area (Å²) in [6.07, 6.45) is 5.23. The molecule has 166 valence electrons. The summed E-state index contributed by atoms with van der Waals surface area (Å²) < 4.78 is 26.4. The maximum atomic E-state index is 12.7. The molecule has 0 saturated carbocycles. The van der Waals surface area contributed by atoms with Crippen LogP contribution >= 0.6 is 0 Å². The van der Waals surface area contributed by atoms with E-state index in [1.165, 1.54) is 33.6 Å². The molecule has 1 heterocycles. The molecule has 8 nitrogen and oxygen atoms in total. The van der Waals surface area contributed by atoms with Crippen molar-refractivity contribution in [3.63, 3.8) is 0 Å². The Bertz CT molecular complexity index is 902. The molecule has 0 aliphatic rings. The van der Waals surface area contributed by atoms with E-state index in [0.29, 0.717) is 53.9 Å². The van der Waals surface area contributed by atoms with Gasteiger partial charge in [0.25, 0.3) is 0 Å². The number of benzene rings is 1. The highest BCUT2D eigenvalue weighted by molar-refractivity contribution is 6.10. The van der Waals surface area contributed by atoms with Gasteiger partial charge in [-0.3, -0.25) is 14.6 Å². The molecule has 31 heavy (non-hydrogen) atoms. The van der Waals surface area contributed by atoms with Crippen molar-refractivity contribution in [2.45, 2.75) is 19.8 Å². The van der Waals surface area contributed by atoms with Gasteiger partial charge in [-0.1, -0.05) is 6.07 Å². The Morgan fingerprint density at radius 3 is 2.29 bits per heavy atom. The smallest absolute Gasteiger partial charge is 0.305 e. The predicted octanol–water partition coefficient (Wildman–Crippen LogP) is 3.73. The number of allylic oxidation sites excluding steroid dienone is 1. The van der Waals surface area contributed by atoms with Gasteiger partial charge in [0, 0.05) is 12.5 Å². The zero-order valence-corrected chi connectivity index (χ0v) is 18.2. The number of ether oxygens (including phenoxy) is 5. The lowest BCUT2D eigenvalue weighted by Crippen LogP contribution is -2.07. The molecule has 0 fully saturated rings. The van der Waals surface area contributed by atoms with Crippen LogP contribution in [0.4, 0.5) is 0 Å². The number of nitrogens with zero attached hydrogens (tertiary/aromatic N) is 1. The summed E-state index contributed by atoms with van der Waals surface area (Å²) >= 11 is 0. The van der Waals surface area contributed by atoms with Crippen molar-refractivity contribution in [1.82, 2.24) is 4.98 Å². The summed E-state index contributed by atoms with van der Waals surface area (Å²) in [6.45, 7) is 2.42. The lowest BCUT2D eigenvalue weighted by Gasteiger charge is -2.11. The number of carbonyl (C=O) groups is 2. The molecule has 0 N–H and O–H groups in total. The average Bonchev–Trinajstić information content (AvgIpc) is 2.79. The Morgan fingerprint density at radius 2 is 1.68 bits per heavy atom. The average molecular weight is 429 g/mol. The van der Waals surface area contributed by atoms with E-state index in [-0.39, 0.29) is 18.2 Å². The number of ketones is 1. The van der Waals surface area contributed by atoms with Crippen LogP contribution < -0.4 is 18.9 Å². The summed E-state index contributed by atoms with van der Waals surface area (Å²) in [6, 6.07) is 6.79. The van der Waals surface area contributed by atoms with Crippen molar-refractivity contribution >= 4 is 17.8 Å². The standard InChI is InChI=1S/C23H27NO7/c1-5-30-22(26)10-7-13-31-20-14-16(24-15-21(20)29-4)11-12-17(25)23-18(27-2)8-6-9-19(23)28-3/h6,8-9,11-12,14-15H,5,7,10,13H2,1-4H3/b12-11+. The highest BCUT2D eigenvalue weighted by Gasteiger charge is 2.16. The van der Waals surface area contributed by atoms with Gasteiger partial charge in [-0.2, -0.15) is 0 Å². The lowest BCUT2D eigenvalue weighted by atomic mass is 10.1. The van der Waals surface area contributed by atoms with E-state index in [1.54, 1.807) is 37.3 Å². The van der Waals surface area contributed by atoms with Gasteiger partial charge in [0.1, 0.15) is 17.1 Å². The fourth-order valence-corrected chi connectivity index (χ4v) is 2.77. The van der Waals surface area contributed by atoms with Gasteiger partial charge < -0.3 is 23.7 Å². The van der Waals surface area contributed by atoms with Crippen LogP contribution in [0.2, 0.25) is 0 Å². The fraction of sp³-hybridized carbons (Fsp3) is 0.348. The van der Waals surface area contributed by atoms with Gasteiger partial charge in [0.2, 0.25) is 0 Å². The Labute approximate surface area is 181 Å². The molecule has 0 unspecified atom stereocenters. The molecule has 0 aliphatic carbocycles. The fourth-order valence-electron chi connectivity index (χ4n) is 2.77. The number of hydrogen-bond acceptors (Lipinski definition) is 8. The summed E-state index contributed by atoms with van der Waals surface area (Å²) in [4.78, 5) is 28.4. The molecule has 1 aromatic carbocycles. The van der Waals surface area contributed by atoms with Gasteiger partial charge in [-0.15, -0.1) is 0 Å². The second-order valence-corrected chi connectivity index (χ2v) is 6.25. The van der Waals surface area contributed by atoms with E-state index in [9.17, 15) is 9.59 Å². The molecule has 0 spiro atoms. The van der Waals surface area contributed by atoms with Crippen molar-refractivity contribution in [2.75, 3.05) is 34.5 Å². The number of rotatable bonds is 12. The molecule has 0 saturated heterocycles. The van der Waals surface area contributed by atoms with Crippen molar-refractivity contribution < 1.29 is 33.3 Å². The molecule has 0 aliphatic heterocycles. The number of pyridine rings is 1. The van der Waals surface area contributed by atoms with Crippen molar-refractivity contribution in [1.29, 1.82) is 0 Å². The molecule has 0 bridgehead atoms. The molecular weight excluding hydrogens is 402 g/mol.